The number of nitrogens with zero attached hydrogens (tertiary/aromatic N) is 2. The summed E-state index contributed by atoms with van der Waals surface area (Å²) in [5, 5.41) is 6.69. The van der Waals surface area contributed by atoms with Gasteiger partial charge in [-0.15, -0.1) is 0 Å². The third kappa shape index (κ3) is 6.89. The van der Waals surface area contributed by atoms with Gasteiger partial charge in [-0.3, -0.25) is 4.90 Å². The van der Waals surface area contributed by atoms with E-state index in [2.05, 4.69) is 60.6 Å². The molecule has 2 rings (SSSR count). The molecule has 5 heteroatoms. The topological polar surface area (TPSA) is 48.9 Å². The molecule has 0 saturated carbocycles. The molecule has 2 N–H and O–H groups in total. The molecule has 0 radical (unpaired) electrons. The maximum atomic E-state index is 5.42. The molecule has 5 nitrogen and oxygen atoms in total. The van der Waals surface area contributed by atoms with Crippen LogP contribution in [0.5, 0.6) is 0 Å². The summed E-state index contributed by atoms with van der Waals surface area (Å²) < 4.78 is 5.42. The van der Waals surface area contributed by atoms with E-state index in [-0.39, 0.29) is 0 Å². The smallest absolute Gasteiger partial charge is 0.191 e. The number of rotatable bonds is 7. The SMILES string of the molecule is CCNC(=NCc1cccc(CN2CCOCC2)c1)NCC(C)C. The maximum absolute atomic E-state index is 5.42. The number of benzene rings is 1. The lowest BCUT2D eigenvalue weighted by Gasteiger charge is -2.26. The van der Waals surface area contributed by atoms with Crippen LogP contribution in [0, 0.1) is 5.92 Å². The van der Waals surface area contributed by atoms with Gasteiger partial charge in [-0.05, 0) is 24.0 Å². The number of morpholine rings is 1. The predicted octanol–water partition coefficient (Wildman–Crippen LogP) is 2.23. The first-order valence-electron chi connectivity index (χ1n) is 9.07. The first kappa shape index (κ1) is 18.7. The monoisotopic (exact) mass is 332 g/mol. The molecule has 0 spiro atoms. The summed E-state index contributed by atoms with van der Waals surface area (Å²) in [5.74, 6) is 1.50. The van der Waals surface area contributed by atoms with E-state index in [1.807, 2.05) is 0 Å². The van der Waals surface area contributed by atoms with Crippen molar-refractivity contribution < 1.29 is 4.74 Å². The molecule has 1 heterocycles. The molecule has 0 aliphatic carbocycles. The van der Waals surface area contributed by atoms with E-state index in [1.54, 1.807) is 0 Å². The molecular weight excluding hydrogens is 300 g/mol. The van der Waals surface area contributed by atoms with Crippen LogP contribution >= 0.6 is 0 Å². The fourth-order valence-corrected chi connectivity index (χ4v) is 2.66. The van der Waals surface area contributed by atoms with Crippen molar-refractivity contribution in [2.75, 3.05) is 39.4 Å². The van der Waals surface area contributed by atoms with Crippen molar-refractivity contribution >= 4 is 5.96 Å². The minimum atomic E-state index is 0.603. The molecule has 1 aliphatic rings. The van der Waals surface area contributed by atoms with Crippen LogP contribution in [0.2, 0.25) is 0 Å². The molecule has 134 valence electrons. The molecule has 1 fully saturated rings. The fourth-order valence-electron chi connectivity index (χ4n) is 2.66. The van der Waals surface area contributed by atoms with Crippen LogP contribution in [0.25, 0.3) is 0 Å². The van der Waals surface area contributed by atoms with E-state index in [9.17, 15) is 0 Å². The van der Waals surface area contributed by atoms with Gasteiger partial charge in [-0.1, -0.05) is 38.1 Å². The minimum Gasteiger partial charge on any atom is -0.379 e. The quantitative estimate of drug-likeness (QED) is 0.594. The van der Waals surface area contributed by atoms with Gasteiger partial charge in [0.05, 0.1) is 19.8 Å². The number of aliphatic imine (C=N–C) groups is 1. The first-order chi connectivity index (χ1) is 11.7. The van der Waals surface area contributed by atoms with Crippen molar-refractivity contribution in [2.45, 2.75) is 33.9 Å². The van der Waals surface area contributed by atoms with Gasteiger partial charge >= 0.3 is 0 Å². The Bertz CT molecular complexity index is 510. The van der Waals surface area contributed by atoms with Crippen LogP contribution in [-0.2, 0) is 17.8 Å². The Morgan fingerprint density at radius 1 is 1.21 bits per heavy atom. The third-order valence-electron chi connectivity index (χ3n) is 3.94. The van der Waals surface area contributed by atoms with E-state index < -0.39 is 0 Å². The van der Waals surface area contributed by atoms with E-state index in [1.165, 1.54) is 11.1 Å². The van der Waals surface area contributed by atoms with Crippen molar-refractivity contribution in [3.05, 3.63) is 35.4 Å². The van der Waals surface area contributed by atoms with Crippen LogP contribution in [-0.4, -0.2) is 50.3 Å². The summed E-state index contributed by atoms with van der Waals surface area (Å²) in [6.45, 7) is 13.7. The molecule has 1 aromatic carbocycles. The minimum absolute atomic E-state index is 0.603. The van der Waals surface area contributed by atoms with Crippen molar-refractivity contribution in [1.29, 1.82) is 0 Å². The summed E-state index contributed by atoms with van der Waals surface area (Å²) in [4.78, 5) is 7.15. The highest BCUT2D eigenvalue weighted by atomic mass is 16.5. The zero-order chi connectivity index (χ0) is 17.2. The summed E-state index contributed by atoms with van der Waals surface area (Å²) in [7, 11) is 0. The first-order valence-corrected chi connectivity index (χ1v) is 9.07. The number of guanidine groups is 1. The molecule has 1 aliphatic heterocycles. The van der Waals surface area contributed by atoms with Crippen LogP contribution < -0.4 is 10.6 Å². The lowest BCUT2D eigenvalue weighted by molar-refractivity contribution is 0.0342. The second-order valence-electron chi connectivity index (χ2n) is 6.68. The van der Waals surface area contributed by atoms with Gasteiger partial charge in [-0.2, -0.15) is 0 Å². The Hall–Kier alpha value is -1.59. The number of hydrogen-bond donors (Lipinski definition) is 2. The Labute approximate surface area is 146 Å². The van der Waals surface area contributed by atoms with Crippen molar-refractivity contribution in [2.24, 2.45) is 10.9 Å². The van der Waals surface area contributed by atoms with Gasteiger partial charge in [-0.25, -0.2) is 4.99 Å². The molecule has 0 bridgehead atoms. The number of ether oxygens (including phenoxy) is 1. The van der Waals surface area contributed by atoms with E-state index in [0.717, 1.165) is 51.9 Å². The van der Waals surface area contributed by atoms with Crippen molar-refractivity contribution in [3.8, 4) is 0 Å². The summed E-state index contributed by atoms with van der Waals surface area (Å²) in [5.41, 5.74) is 2.60. The van der Waals surface area contributed by atoms with E-state index in [0.29, 0.717) is 12.5 Å². The number of hydrogen-bond acceptors (Lipinski definition) is 3. The second-order valence-corrected chi connectivity index (χ2v) is 6.68. The van der Waals surface area contributed by atoms with Gasteiger partial charge in [0.25, 0.3) is 0 Å². The normalized spacial score (nSPS) is 16.4. The Balaban J connectivity index is 1.92. The zero-order valence-electron chi connectivity index (χ0n) is 15.3. The van der Waals surface area contributed by atoms with Gasteiger partial charge in [0, 0.05) is 32.7 Å². The standard InChI is InChI=1S/C19H32N4O/c1-4-20-19(21-13-16(2)3)22-14-17-6-5-7-18(12-17)15-23-8-10-24-11-9-23/h5-7,12,16H,4,8-11,13-15H2,1-3H3,(H2,20,21,22). The molecule has 1 aromatic rings. The molecule has 0 aromatic heterocycles. The summed E-state index contributed by atoms with van der Waals surface area (Å²) in [6.07, 6.45) is 0. The van der Waals surface area contributed by atoms with Gasteiger partial charge in [0.2, 0.25) is 0 Å². The molecule has 0 atom stereocenters. The summed E-state index contributed by atoms with van der Waals surface area (Å²) in [6, 6.07) is 8.75. The molecule has 0 unspecified atom stereocenters. The highest BCUT2D eigenvalue weighted by Crippen LogP contribution is 2.11. The predicted molar refractivity (Wildman–Crippen MR) is 100 cm³/mol. The maximum Gasteiger partial charge on any atom is 0.191 e. The van der Waals surface area contributed by atoms with Crippen LogP contribution in [0.1, 0.15) is 31.9 Å². The second kappa shape index (κ2) is 10.3. The Morgan fingerprint density at radius 2 is 1.96 bits per heavy atom. The molecule has 1 saturated heterocycles. The van der Waals surface area contributed by atoms with Crippen LogP contribution in [0.4, 0.5) is 0 Å². The highest BCUT2D eigenvalue weighted by Gasteiger charge is 2.10. The molecule has 0 amide bonds. The summed E-state index contributed by atoms with van der Waals surface area (Å²) >= 11 is 0. The lowest BCUT2D eigenvalue weighted by Crippen LogP contribution is -2.39. The lowest BCUT2D eigenvalue weighted by atomic mass is 10.1. The van der Waals surface area contributed by atoms with Crippen molar-refractivity contribution in [1.82, 2.24) is 15.5 Å². The van der Waals surface area contributed by atoms with E-state index in [4.69, 9.17) is 9.73 Å². The Kier molecular flexibility index (Phi) is 8.05. The van der Waals surface area contributed by atoms with Gasteiger partial charge in [0.1, 0.15) is 0 Å². The fraction of sp³-hybridized carbons (Fsp3) is 0.632. The third-order valence-corrected chi connectivity index (χ3v) is 3.94. The molecule has 24 heavy (non-hydrogen) atoms. The van der Waals surface area contributed by atoms with Gasteiger partial charge in [0.15, 0.2) is 5.96 Å². The Morgan fingerprint density at radius 3 is 2.67 bits per heavy atom. The zero-order valence-corrected chi connectivity index (χ0v) is 15.3. The average Bonchev–Trinajstić information content (AvgIpc) is 2.58. The van der Waals surface area contributed by atoms with Crippen molar-refractivity contribution in [3.63, 3.8) is 0 Å². The average molecular weight is 332 g/mol. The van der Waals surface area contributed by atoms with Crippen LogP contribution in [0.3, 0.4) is 0 Å². The largest absolute Gasteiger partial charge is 0.379 e. The van der Waals surface area contributed by atoms with Crippen LogP contribution in [0.15, 0.2) is 29.3 Å². The van der Waals surface area contributed by atoms with Gasteiger partial charge < -0.3 is 15.4 Å². The highest BCUT2D eigenvalue weighted by molar-refractivity contribution is 5.79. The number of nitrogens with one attached hydrogen (secondary N) is 2. The molecular formula is C19H32N4O. The van der Waals surface area contributed by atoms with E-state index >= 15 is 0 Å².